The fraction of sp³-hybridized carbons (Fsp3) is 0.261. The van der Waals surface area contributed by atoms with Crippen molar-refractivity contribution in [2.75, 3.05) is 13.4 Å². The third-order valence-corrected chi connectivity index (χ3v) is 6.32. The lowest BCUT2D eigenvalue weighted by Crippen LogP contribution is -2.33. The molecule has 0 fully saturated rings. The lowest BCUT2D eigenvalue weighted by molar-refractivity contribution is -0.0209. The van der Waals surface area contributed by atoms with Gasteiger partial charge in [-0.3, -0.25) is 0 Å². The van der Waals surface area contributed by atoms with Crippen molar-refractivity contribution in [3.63, 3.8) is 0 Å². The molecule has 0 amide bonds. The third-order valence-electron chi connectivity index (χ3n) is 5.61. The first kappa shape index (κ1) is 17.7. The number of para-hydroxylation sites is 1. The van der Waals surface area contributed by atoms with E-state index in [4.69, 9.17) is 24.0 Å². The normalized spacial score (nSPS) is 21.0. The zero-order chi connectivity index (χ0) is 20.1. The fourth-order valence-corrected chi connectivity index (χ4v) is 4.91. The van der Waals surface area contributed by atoms with Gasteiger partial charge in [-0.15, -0.1) is 0 Å². The van der Waals surface area contributed by atoms with Crippen LogP contribution in [0.5, 0.6) is 23.0 Å². The minimum absolute atomic E-state index is 0.0829. The molecule has 152 valence electrons. The molecule has 0 spiro atoms. The molecule has 3 aliphatic rings. The smallest absolute Gasteiger partial charge is 0.231 e. The van der Waals surface area contributed by atoms with Gasteiger partial charge in [0.2, 0.25) is 13.0 Å². The summed E-state index contributed by atoms with van der Waals surface area (Å²) in [6.07, 6.45) is 0.494. The van der Waals surface area contributed by atoms with E-state index in [2.05, 4.69) is 27.9 Å². The van der Waals surface area contributed by atoms with Crippen LogP contribution in [0.15, 0.2) is 58.3 Å². The van der Waals surface area contributed by atoms with Crippen LogP contribution in [0.4, 0.5) is 0 Å². The van der Waals surface area contributed by atoms with Crippen molar-refractivity contribution in [1.82, 2.24) is 5.01 Å². The Morgan fingerprint density at radius 1 is 1.17 bits per heavy atom. The molecule has 4 heterocycles. The highest BCUT2D eigenvalue weighted by Gasteiger charge is 2.42. The molecular formula is C23H20N2O4S. The maximum atomic E-state index is 6.49. The molecule has 6 rings (SSSR count). The highest BCUT2D eigenvalue weighted by molar-refractivity contribution is 7.07. The number of benzene rings is 2. The van der Waals surface area contributed by atoms with Crippen LogP contribution in [0.2, 0.25) is 0 Å². The largest absolute Gasteiger partial charge is 0.490 e. The minimum Gasteiger partial charge on any atom is -0.490 e. The summed E-state index contributed by atoms with van der Waals surface area (Å²) < 4.78 is 23.4. The fourth-order valence-electron chi connectivity index (χ4n) is 4.24. The molecular weight excluding hydrogens is 400 g/mol. The van der Waals surface area contributed by atoms with Gasteiger partial charge in [0.25, 0.3) is 0 Å². The second-order valence-corrected chi connectivity index (χ2v) is 8.13. The standard InChI is InChI=1S/C23H20N2O4S/c1-2-26-20-5-3-4-16-18-11-17(14-6-7-19-21(10-14)28-13-27-19)24-25(18)23(29-22(16)20)15-8-9-30-12-15/h3-10,12,18,23H,2,11,13H2,1H3/t18-,23-/m1/s1. The molecule has 0 unspecified atom stereocenters. The highest BCUT2D eigenvalue weighted by Crippen LogP contribution is 2.51. The Hall–Kier alpha value is -3.19. The van der Waals surface area contributed by atoms with Crippen LogP contribution >= 0.6 is 11.3 Å². The Morgan fingerprint density at radius 3 is 2.97 bits per heavy atom. The Kier molecular flexibility index (Phi) is 4.09. The van der Waals surface area contributed by atoms with Crippen LogP contribution in [0.1, 0.15) is 42.3 Å². The number of nitrogens with zero attached hydrogens (tertiary/aromatic N) is 2. The lowest BCUT2D eigenvalue weighted by atomic mass is 9.95. The van der Waals surface area contributed by atoms with E-state index < -0.39 is 0 Å². The summed E-state index contributed by atoms with van der Waals surface area (Å²) >= 11 is 1.66. The first-order valence-corrected chi connectivity index (χ1v) is 11.0. The van der Waals surface area contributed by atoms with Crippen LogP contribution < -0.4 is 18.9 Å². The minimum atomic E-state index is -0.290. The number of hydrogen-bond donors (Lipinski definition) is 0. The van der Waals surface area contributed by atoms with Gasteiger partial charge in [-0.05, 0) is 48.0 Å². The second-order valence-electron chi connectivity index (χ2n) is 7.35. The van der Waals surface area contributed by atoms with Crippen molar-refractivity contribution in [3.05, 3.63) is 69.9 Å². The van der Waals surface area contributed by atoms with Gasteiger partial charge < -0.3 is 18.9 Å². The summed E-state index contributed by atoms with van der Waals surface area (Å²) in [5.41, 5.74) is 4.25. The molecule has 7 heteroatoms. The van der Waals surface area contributed by atoms with Crippen molar-refractivity contribution in [2.45, 2.75) is 25.6 Å². The van der Waals surface area contributed by atoms with Gasteiger partial charge in [-0.25, -0.2) is 5.01 Å². The van der Waals surface area contributed by atoms with Crippen LogP contribution in [0, 0.1) is 0 Å². The molecule has 2 aromatic carbocycles. The predicted molar refractivity (Wildman–Crippen MR) is 114 cm³/mol. The van der Waals surface area contributed by atoms with Crippen LogP contribution in [0.25, 0.3) is 0 Å². The van der Waals surface area contributed by atoms with Crippen molar-refractivity contribution in [3.8, 4) is 23.0 Å². The van der Waals surface area contributed by atoms with Crippen molar-refractivity contribution < 1.29 is 18.9 Å². The number of thiophene rings is 1. The van der Waals surface area contributed by atoms with E-state index in [1.165, 1.54) is 0 Å². The van der Waals surface area contributed by atoms with Gasteiger partial charge in [-0.1, -0.05) is 12.1 Å². The summed E-state index contributed by atoms with van der Waals surface area (Å²) in [4.78, 5) is 0. The quantitative estimate of drug-likeness (QED) is 0.587. The van der Waals surface area contributed by atoms with Gasteiger partial charge in [0, 0.05) is 23.1 Å². The number of hydrazone groups is 1. The molecule has 3 aliphatic heterocycles. The first-order chi connectivity index (χ1) is 14.8. The average Bonchev–Trinajstić information content (AvgIpc) is 3.53. The van der Waals surface area contributed by atoms with Gasteiger partial charge in [-0.2, -0.15) is 16.4 Å². The van der Waals surface area contributed by atoms with Gasteiger partial charge >= 0.3 is 0 Å². The molecule has 2 atom stereocenters. The first-order valence-electron chi connectivity index (χ1n) is 10.0. The molecule has 30 heavy (non-hydrogen) atoms. The maximum Gasteiger partial charge on any atom is 0.231 e. The zero-order valence-corrected chi connectivity index (χ0v) is 17.2. The van der Waals surface area contributed by atoms with Gasteiger partial charge in [0.1, 0.15) is 0 Å². The van der Waals surface area contributed by atoms with E-state index in [9.17, 15) is 0 Å². The average molecular weight is 420 g/mol. The number of ether oxygens (including phenoxy) is 4. The van der Waals surface area contributed by atoms with Crippen molar-refractivity contribution in [1.29, 1.82) is 0 Å². The Labute approximate surface area is 178 Å². The van der Waals surface area contributed by atoms with Crippen LogP contribution in [-0.2, 0) is 0 Å². The van der Waals surface area contributed by atoms with Gasteiger partial charge in [0.05, 0.1) is 18.4 Å². The summed E-state index contributed by atoms with van der Waals surface area (Å²) in [5.74, 6) is 3.15. The highest BCUT2D eigenvalue weighted by atomic mass is 32.1. The van der Waals surface area contributed by atoms with E-state index >= 15 is 0 Å². The molecule has 0 bridgehead atoms. The Bertz CT molecular complexity index is 1130. The lowest BCUT2D eigenvalue weighted by Gasteiger charge is -2.38. The maximum absolute atomic E-state index is 6.49. The van der Waals surface area contributed by atoms with Crippen LogP contribution in [0.3, 0.4) is 0 Å². The summed E-state index contributed by atoms with van der Waals surface area (Å²) in [7, 11) is 0. The molecule has 3 aromatic rings. The van der Waals surface area contributed by atoms with E-state index in [0.29, 0.717) is 6.61 Å². The van der Waals surface area contributed by atoms with Crippen molar-refractivity contribution >= 4 is 17.0 Å². The topological polar surface area (TPSA) is 52.5 Å². The Morgan fingerprint density at radius 2 is 2.10 bits per heavy atom. The molecule has 0 N–H and O–H groups in total. The van der Waals surface area contributed by atoms with Crippen LogP contribution in [-0.4, -0.2) is 24.1 Å². The molecule has 0 saturated heterocycles. The van der Waals surface area contributed by atoms with E-state index in [-0.39, 0.29) is 19.1 Å². The number of fused-ring (bicyclic) bond motifs is 4. The summed E-state index contributed by atoms with van der Waals surface area (Å²) in [6, 6.07) is 14.3. The molecule has 0 aliphatic carbocycles. The van der Waals surface area contributed by atoms with Crippen molar-refractivity contribution in [2.24, 2.45) is 5.10 Å². The molecule has 0 saturated carbocycles. The van der Waals surface area contributed by atoms with Gasteiger partial charge in [0.15, 0.2) is 23.0 Å². The summed E-state index contributed by atoms with van der Waals surface area (Å²) in [6.45, 7) is 2.85. The molecule has 6 nitrogen and oxygen atoms in total. The Balaban J connectivity index is 1.43. The molecule has 0 radical (unpaired) electrons. The predicted octanol–water partition coefficient (Wildman–Crippen LogP) is 5.12. The van der Waals surface area contributed by atoms with E-state index in [1.54, 1.807) is 11.3 Å². The second kappa shape index (κ2) is 6.95. The van der Waals surface area contributed by atoms with E-state index in [0.717, 1.165) is 51.8 Å². The number of rotatable bonds is 4. The SMILES string of the molecule is CCOc1cccc2c1O[C@H](c1ccsc1)N1N=C(c3ccc4c(c3)OCO4)C[C@H]21. The zero-order valence-electron chi connectivity index (χ0n) is 16.4. The van der Waals surface area contributed by atoms with E-state index in [1.807, 2.05) is 37.3 Å². The number of hydrogen-bond acceptors (Lipinski definition) is 7. The third kappa shape index (κ3) is 2.73. The summed E-state index contributed by atoms with van der Waals surface area (Å²) in [5, 5.41) is 11.3. The molecule has 1 aromatic heterocycles. The monoisotopic (exact) mass is 420 g/mol.